The number of hydrogen-bond donors (Lipinski definition) is 3. The van der Waals surface area contributed by atoms with E-state index in [9.17, 15) is 9.90 Å². The number of fused-ring (bicyclic) bond motifs is 4. The number of hydrogen-bond acceptors (Lipinski definition) is 6. The van der Waals surface area contributed by atoms with Crippen LogP contribution in [0.25, 0.3) is 11.1 Å². The van der Waals surface area contributed by atoms with Crippen molar-refractivity contribution in [2.24, 2.45) is 5.92 Å². The summed E-state index contributed by atoms with van der Waals surface area (Å²) in [6, 6.07) is 10.7. The number of ether oxygens (including phenoxy) is 1. The van der Waals surface area contributed by atoms with E-state index in [0.29, 0.717) is 11.0 Å². The van der Waals surface area contributed by atoms with Crippen molar-refractivity contribution >= 4 is 11.7 Å². The van der Waals surface area contributed by atoms with Crippen LogP contribution in [0, 0.1) is 5.92 Å². The molecule has 2 aromatic rings. The van der Waals surface area contributed by atoms with Crippen LogP contribution >= 0.6 is 0 Å². The molecule has 1 saturated heterocycles. The van der Waals surface area contributed by atoms with Crippen molar-refractivity contribution in [2.75, 3.05) is 39.1 Å². The lowest BCUT2D eigenvalue weighted by Crippen LogP contribution is -2.58. The summed E-state index contributed by atoms with van der Waals surface area (Å²) in [4.78, 5) is 20.1. The highest BCUT2D eigenvalue weighted by Gasteiger charge is 2.60. The summed E-state index contributed by atoms with van der Waals surface area (Å²) in [6.07, 6.45) is 7.71. The number of aliphatic hydroxyl groups is 1. The predicted octanol–water partition coefficient (Wildman–Crippen LogP) is 3.12. The molecule has 2 heterocycles. The molecule has 0 spiro atoms. The molecular weight excluding hydrogens is 440 g/mol. The zero-order valence-corrected chi connectivity index (χ0v) is 20.6. The van der Waals surface area contributed by atoms with Crippen LogP contribution in [0.2, 0.25) is 0 Å². The maximum absolute atomic E-state index is 13.3. The van der Waals surface area contributed by atoms with Gasteiger partial charge in [0.15, 0.2) is 0 Å². The molecule has 7 rings (SSSR count). The van der Waals surface area contributed by atoms with E-state index < -0.39 is 5.60 Å². The third-order valence-corrected chi connectivity index (χ3v) is 9.37. The second kappa shape index (κ2) is 8.29. The number of carbonyl (C=O) groups is 1. The van der Waals surface area contributed by atoms with Crippen LogP contribution in [0.4, 0.5) is 5.82 Å². The summed E-state index contributed by atoms with van der Waals surface area (Å²) in [5.41, 5.74) is 9.44. The molecule has 5 fully saturated rings. The highest BCUT2D eigenvalue weighted by atomic mass is 16.5. The Morgan fingerprint density at radius 3 is 2.57 bits per heavy atom. The predicted molar refractivity (Wildman–Crippen MR) is 135 cm³/mol. The van der Waals surface area contributed by atoms with Crippen molar-refractivity contribution in [2.45, 2.75) is 61.5 Å². The van der Waals surface area contributed by atoms with Crippen molar-refractivity contribution in [1.82, 2.24) is 15.2 Å². The average molecular weight is 477 g/mol. The van der Waals surface area contributed by atoms with Gasteiger partial charge in [0.2, 0.25) is 0 Å². The third kappa shape index (κ3) is 4.03. The molecule has 5 aliphatic rings. The molecule has 4 saturated carbocycles. The van der Waals surface area contributed by atoms with Gasteiger partial charge in [-0.2, -0.15) is 0 Å². The Morgan fingerprint density at radius 1 is 1.17 bits per heavy atom. The molecule has 0 radical (unpaired) electrons. The molecule has 7 heteroatoms. The average Bonchev–Trinajstić information content (AvgIpc) is 3.45. The highest BCUT2D eigenvalue weighted by molar-refractivity contribution is 5.99. The number of anilines is 1. The Balaban J connectivity index is 1.17. The maximum atomic E-state index is 13.3. The minimum atomic E-state index is -0.528. The Kier molecular flexibility index (Phi) is 5.43. The fraction of sp³-hybridized carbons (Fsp3) is 0.571. The van der Waals surface area contributed by atoms with Crippen LogP contribution < -0.4 is 11.1 Å². The molecule has 1 aromatic carbocycles. The van der Waals surface area contributed by atoms with Gasteiger partial charge < -0.3 is 20.9 Å². The number of methoxy groups -OCH3 is 1. The molecule has 7 nitrogen and oxygen atoms in total. The minimum absolute atomic E-state index is 0.164. The summed E-state index contributed by atoms with van der Waals surface area (Å²) in [5.74, 6) is 0.834. The Hall–Kier alpha value is -2.48. The molecule has 2 bridgehead atoms. The maximum Gasteiger partial charge on any atom is 0.255 e. The van der Waals surface area contributed by atoms with Gasteiger partial charge in [-0.05, 0) is 68.1 Å². The Bertz CT molecular complexity index is 1110. The van der Waals surface area contributed by atoms with Gasteiger partial charge in [0, 0.05) is 49.5 Å². The highest BCUT2D eigenvalue weighted by Crippen LogP contribution is 2.59. The van der Waals surface area contributed by atoms with E-state index in [4.69, 9.17) is 10.5 Å². The van der Waals surface area contributed by atoms with Gasteiger partial charge in [-0.15, -0.1) is 0 Å². The molecule has 4 aliphatic carbocycles. The zero-order valence-electron chi connectivity index (χ0n) is 20.6. The fourth-order valence-corrected chi connectivity index (χ4v) is 6.90. The molecule has 1 aromatic heterocycles. The molecular formula is C28H36N4O3. The lowest BCUT2D eigenvalue weighted by atomic mass is 9.63. The van der Waals surface area contributed by atoms with E-state index in [1.165, 1.54) is 12.0 Å². The van der Waals surface area contributed by atoms with E-state index in [-0.39, 0.29) is 17.3 Å². The number of nitrogens with zero attached hydrogens (tertiary/aromatic N) is 2. The van der Waals surface area contributed by atoms with Gasteiger partial charge in [-0.3, -0.25) is 9.69 Å². The zero-order chi connectivity index (χ0) is 24.3. The number of pyridine rings is 1. The molecule has 1 aliphatic heterocycles. The fourth-order valence-electron chi connectivity index (χ4n) is 6.90. The number of carbonyl (C=O) groups excluding carboxylic acids is 1. The quantitative estimate of drug-likeness (QED) is 0.568. The number of nitrogens with two attached hydrogens (primary N) is 1. The van der Waals surface area contributed by atoms with Crippen molar-refractivity contribution in [3.8, 4) is 11.1 Å². The third-order valence-electron chi connectivity index (χ3n) is 9.37. The largest absolute Gasteiger partial charge is 0.390 e. The lowest BCUT2D eigenvalue weighted by molar-refractivity contribution is -0.0702. The van der Waals surface area contributed by atoms with Gasteiger partial charge in [0.1, 0.15) is 5.82 Å². The molecule has 35 heavy (non-hydrogen) atoms. The first-order valence-electron chi connectivity index (χ1n) is 13.0. The van der Waals surface area contributed by atoms with Crippen molar-refractivity contribution in [3.05, 3.63) is 47.7 Å². The van der Waals surface area contributed by atoms with Gasteiger partial charge in [-0.25, -0.2) is 4.98 Å². The Morgan fingerprint density at radius 2 is 1.89 bits per heavy atom. The first kappa shape index (κ1) is 23.0. The van der Waals surface area contributed by atoms with E-state index in [1.54, 1.807) is 13.3 Å². The van der Waals surface area contributed by atoms with Gasteiger partial charge in [-0.1, -0.05) is 24.3 Å². The molecule has 0 unspecified atom stereocenters. The first-order chi connectivity index (χ1) is 16.8. The van der Waals surface area contributed by atoms with Crippen LogP contribution in [-0.2, 0) is 10.2 Å². The number of piperidine rings is 1. The van der Waals surface area contributed by atoms with E-state index in [0.717, 1.165) is 81.8 Å². The number of rotatable bonds is 7. The van der Waals surface area contributed by atoms with Crippen molar-refractivity contribution in [3.63, 3.8) is 0 Å². The number of nitrogens with one attached hydrogen (secondary N) is 1. The van der Waals surface area contributed by atoms with Crippen LogP contribution in [-0.4, -0.2) is 65.4 Å². The van der Waals surface area contributed by atoms with Crippen LogP contribution in [0.3, 0.4) is 0 Å². The van der Waals surface area contributed by atoms with Crippen LogP contribution in [0.15, 0.2) is 36.5 Å². The summed E-state index contributed by atoms with van der Waals surface area (Å²) < 4.78 is 5.26. The number of likely N-dealkylation sites (tertiary alicyclic amines) is 1. The summed E-state index contributed by atoms with van der Waals surface area (Å²) in [5, 5.41) is 13.8. The molecule has 186 valence electrons. The summed E-state index contributed by atoms with van der Waals surface area (Å²) >= 11 is 0. The minimum Gasteiger partial charge on any atom is -0.390 e. The van der Waals surface area contributed by atoms with Crippen molar-refractivity contribution in [1.29, 1.82) is 0 Å². The van der Waals surface area contributed by atoms with Crippen molar-refractivity contribution < 1.29 is 14.6 Å². The SMILES string of the molecule is COCCN1C[C@H]2C[C@@]2(c2ccc(-c3cnc(N)c(C(=O)NC45CCC(O)(CC4)CC5)c3)cc2)C1. The van der Waals surface area contributed by atoms with Crippen LogP contribution in [0.1, 0.15) is 60.9 Å². The van der Waals surface area contributed by atoms with Crippen LogP contribution in [0.5, 0.6) is 0 Å². The second-order valence-corrected chi connectivity index (χ2v) is 11.5. The van der Waals surface area contributed by atoms with Gasteiger partial charge in [0.05, 0.1) is 17.8 Å². The molecule has 1 amide bonds. The molecule has 4 N–H and O–H groups in total. The van der Waals surface area contributed by atoms with E-state index in [1.807, 2.05) is 6.07 Å². The number of benzene rings is 1. The smallest absolute Gasteiger partial charge is 0.255 e. The van der Waals surface area contributed by atoms with Gasteiger partial charge >= 0.3 is 0 Å². The first-order valence-corrected chi connectivity index (χ1v) is 13.0. The monoisotopic (exact) mass is 476 g/mol. The standard InChI is InChI=1S/C28H36N4O3/c1-35-13-12-32-17-22-15-28(22,18-32)21-4-2-19(3-5-21)20-14-23(24(29)30-16-20)25(33)31-26-6-9-27(34,10-7-26)11-8-26/h2-5,14,16,22,34H,6-13,15,17-18H2,1H3,(H2,29,30)(H,31,33)/t22-,26?,27?,28+/m1/s1. The lowest BCUT2D eigenvalue weighted by Gasteiger charge is -2.51. The molecule has 2 atom stereocenters. The summed E-state index contributed by atoms with van der Waals surface area (Å²) in [7, 11) is 1.76. The Labute approximate surface area is 207 Å². The van der Waals surface area contributed by atoms with E-state index >= 15 is 0 Å². The second-order valence-electron chi connectivity index (χ2n) is 11.5. The normalized spacial score (nSPS) is 33.5. The number of nitrogen functional groups attached to an aromatic ring is 1. The topological polar surface area (TPSA) is 101 Å². The van der Waals surface area contributed by atoms with Gasteiger partial charge in [0.25, 0.3) is 5.91 Å². The number of amides is 1. The number of aromatic nitrogens is 1. The van der Waals surface area contributed by atoms with E-state index in [2.05, 4.69) is 39.5 Å². The summed E-state index contributed by atoms with van der Waals surface area (Å²) in [6.45, 7) is 4.04.